The molecule has 0 atom stereocenters. The van der Waals surface area contributed by atoms with Gasteiger partial charge in [0.25, 0.3) is 0 Å². The molecule has 1 saturated heterocycles. The summed E-state index contributed by atoms with van der Waals surface area (Å²) < 4.78 is 11.9. The summed E-state index contributed by atoms with van der Waals surface area (Å²) in [5.74, 6) is 0.368. The molecule has 0 aliphatic carbocycles. The zero-order chi connectivity index (χ0) is 25.5. The molecule has 4 rings (SSSR count). The van der Waals surface area contributed by atoms with Crippen molar-refractivity contribution >= 4 is 29.3 Å². The summed E-state index contributed by atoms with van der Waals surface area (Å²) in [5.41, 5.74) is 2.15. The lowest BCUT2D eigenvalue weighted by molar-refractivity contribution is 0.0690. The van der Waals surface area contributed by atoms with E-state index < -0.39 is 5.97 Å². The first-order valence-electron chi connectivity index (χ1n) is 11.6. The van der Waals surface area contributed by atoms with Crippen molar-refractivity contribution in [2.45, 2.75) is 32.4 Å². The molecular formula is C26H27ClN4O5. The zero-order valence-electron chi connectivity index (χ0n) is 19.7. The summed E-state index contributed by atoms with van der Waals surface area (Å²) in [5, 5.41) is 18.6. The number of hydrogen-bond acceptors (Lipinski definition) is 6. The van der Waals surface area contributed by atoms with Crippen molar-refractivity contribution in [3.63, 3.8) is 0 Å². The fraction of sp³-hybridized carbons (Fsp3) is 0.269. The Hall–Kier alpha value is -3.82. The molecule has 0 spiro atoms. The van der Waals surface area contributed by atoms with Gasteiger partial charge < -0.3 is 30.5 Å². The number of carbonyl (C=O) groups is 2. The summed E-state index contributed by atoms with van der Waals surface area (Å²) in [6, 6.07) is 13.2. The lowest BCUT2D eigenvalue weighted by Crippen LogP contribution is -2.34. The van der Waals surface area contributed by atoms with Crippen molar-refractivity contribution in [1.29, 1.82) is 0 Å². The molecule has 188 valence electrons. The van der Waals surface area contributed by atoms with Gasteiger partial charge in [0.1, 0.15) is 23.4 Å². The van der Waals surface area contributed by atoms with Crippen LogP contribution in [0.5, 0.6) is 17.2 Å². The lowest BCUT2D eigenvalue weighted by Gasteiger charge is -2.25. The van der Waals surface area contributed by atoms with E-state index in [2.05, 4.69) is 20.9 Å². The maximum absolute atomic E-state index is 12.6. The van der Waals surface area contributed by atoms with Crippen LogP contribution in [0.4, 0.5) is 10.5 Å². The van der Waals surface area contributed by atoms with Gasteiger partial charge in [0.05, 0.1) is 5.69 Å². The number of hydrogen-bond donors (Lipinski definition) is 4. The number of aryl methyl sites for hydroxylation is 1. The zero-order valence-corrected chi connectivity index (χ0v) is 20.5. The van der Waals surface area contributed by atoms with Crippen molar-refractivity contribution in [2.75, 3.05) is 18.4 Å². The summed E-state index contributed by atoms with van der Waals surface area (Å²) in [6.45, 7) is 3.98. The fourth-order valence-electron chi connectivity index (χ4n) is 3.69. The predicted molar refractivity (Wildman–Crippen MR) is 136 cm³/mol. The highest BCUT2D eigenvalue weighted by atomic mass is 35.5. The number of nitrogens with one attached hydrogen (secondary N) is 3. The maximum atomic E-state index is 12.6. The highest BCUT2D eigenvalue weighted by Crippen LogP contribution is 2.33. The van der Waals surface area contributed by atoms with E-state index in [4.69, 9.17) is 26.2 Å². The third-order valence-electron chi connectivity index (χ3n) is 5.65. The second-order valence-electron chi connectivity index (χ2n) is 8.40. The summed E-state index contributed by atoms with van der Waals surface area (Å²) in [7, 11) is 0. The number of aromatic nitrogens is 1. The Morgan fingerprint density at radius 3 is 2.58 bits per heavy atom. The molecule has 1 fully saturated rings. The smallest absolute Gasteiger partial charge is 0.354 e. The standard InChI is InChI=1S/C26H27ClN4O5/c1-16-12-24(36-19-6-9-28-10-7-19)22(14-21(16)27)31-26(34)30-15-17-2-4-18(5-3-17)35-20-8-11-29-23(13-20)25(32)33/h2-5,8,11-14,19,28H,6-7,9-10,15H2,1H3,(H,32,33)(H2,30,31,34). The lowest BCUT2D eigenvalue weighted by atomic mass is 10.1. The Labute approximate surface area is 213 Å². The van der Waals surface area contributed by atoms with Gasteiger partial charge in [-0.1, -0.05) is 23.7 Å². The Morgan fingerprint density at radius 1 is 1.11 bits per heavy atom. The third-order valence-corrected chi connectivity index (χ3v) is 6.06. The van der Waals surface area contributed by atoms with E-state index in [1.807, 2.05) is 25.1 Å². The highest BCUT2D eigenvalue weighted by Gasteiger charge is 2.18. The Bertz CT molecular complexity index is 1230. The van der Waals surface area contributed by atoms with Crippen molar-refractivity contribution in [3.05, 3.63) is 76.6 Å². The molecule has 36 heavy (non-hydrogen) atoms. The second kappa shape index (κ2) is 11.7. The van der Waals surface area contributed by atoms with Crippen LogP contribution >= 0.6 is 11.6 Å². The molecule has 1 aliphatic heterocycles. The van der Waals surface area contributed by atoms with E-state index in [0.717, 1.165) is 37.1 Å². The van der Waals surface area contributed by atoms with E-state index in [0.29, 0.717) is 28.0 Å². The van der Waals surface area contributed by atoms with E-state index >= 15 is 0 Å². The largest absolute Gasteiger partial charge is 0.488 e. The van der Waals surface area contributed by atoms with Crippen LogP contribution in [0.25, 0.3) is 0 Å². The molecule has 0 radical (unpaired) electrons. The molecule has 0 bridgehead atoms. The van der Waals surface area contributed by atoms with Gasteiger partial charge in [-0.2, -0.15) is 0 Å². The molecule has 3 aromatic rings. The molecular weight excluding hydrogens is 484 g/mol. The number of carboxylic acids is 1. The average Bonchev–Trinajstić information content (AvgIpc) is 2.87. The molecule has 4 N–H and O–H groups in total. The second-order valence-corrected chi connectivity index (χ2v) is 8.81. The maximum Gasteiger partial charge on any atom is 0.354 e. The van der Waals surface area contributed by atoms with Crippen LogP contribution in [0.2, 0.25) is 5.02 Å². The number of rotatable bonds is 8. The van der Waals surface area contributed by atoms with Crippen molar-refractivity contribution < 1.29 is 24.2 Å². The van der Waals surface area contributed by atoms with Gasteiger partial charge in [-0.25, -0.2) is 14.6 Å². The van der Waals surface area contributed by atoms with E-state index in [-0.39, 0.29) is 24.4 Å². The van der Waals surface area contributed by atoms with Gasteiger partial charge >= 0.3 is 12.0 Å². The summed E-state index contributed by atoms with van der Waals surface area (Å²) >= 11 is 6.30. The topological polar surface area (TPSA) is 122 Å². The number of nitrogens with zero attached hydrogens (tertiary/aromatic N) is 1. The fourth-order valence-corrected chi connectivity index (χ4v) is 3.86. The first-order chi connectivity index (χ1) is 17.4. The van der Waals surface area contributed by atoms with Gasteiger partial charge in [0, 0.05) is 23.8 Å². The number of pyridine rings is 1. The number of urea groups is 1. The molecule has 9 nitrogen and oxygen atoms in total. The van der Waals surface area contributed by atoms with Gasteiger partial charge in [0.15, 0.2) is 5.69 Å². The number of aromatic carboxylic acids is 1. The normalized spacial score (nSPS) is 13.6. The average molecular weight is 511 g/mol. The number of piperidine rings is 1. The van der Waals surface area contributed by atoms with Crippen molar-refractivity contribution in [1.82, 2.24) is 15.6 Å². The van der Waals surface area contributed by atoms with Crippen molar-refractivity contribution in [3.8, 4) is 17.2 Å². The quantitative estimate of drug-likeness (QED) is 0.337. The molecule has 2 heterocycles. The van der Waals surface area contributed by atoms with Crippen LogP contribution in [0.1, 0.15) is 34.5 Å². The Morgan fingerprint density at radius 2 is 1.86 bits per heavy atom. The van der Waals surface area contributed by atoms with Gasteiger partial charge in [-0.3, -0.25) is 0 Å². The number of carboxylic acid groups (broad SMARTS) is 1. The number of ether oxygens (including phenoxy) is 2. The SMILES string of the molecule is Cc1cc(OC2CCNCC2)c(NC(=O)NCc2ccc(Oc3ccnc(C(=O)O)c3)cc2)cc1Cl. The minimum absolute atomic E-state index is 0.0824. The first-order valence-corrected chi connectivity index (χ1v) is 11.9. The number of carbonyl (C=O) groups excluding carboxylic acids is 1. The number of anilines is 1. The van der Waals surface area contributed by atoms with Crippen LogP contribution in [0.15, 0.2) is 54.7 Å². The van der Waals surface area contributed by atoms with Crippen molar-refractivity contribution in [2.24, 2.45) is 0 Å². The van der Waals surface area contributed by atoms with Crippen LogP contribution in [-0.2, 0) is 6.54 Å². The minimum atomic E-state index is -1.13. The van der Waals surface area contributed by atoms with E-state index in [1.165, 1.54) is 12.3 Å². The molecule has 2 aromatic carbocycles. The summed E-state index contributed by atoms with van der Waals surface area (Å²) in [4.78, 5) is 27.4. The molecule has 1 aliphatic rings. The van der Waals surface area contributed by atoms with Crippen LogP contribution < -0.4 is 25.4 Å². The molecule has 1 aromatic heterocycles. The number of benzene rings is 2. The van der Waals surface area contributed by atoms with Gasteiger partial charge in [-0.05, 0) is 74.3 Å². The summed E-state index contributed by atoms with van der Waals surface area (Å²) in [6.07, 6.45) is 3.25. The predicted octanol–water partition coefficient (Wildman–Crippen LogP) is 4.99. The highest BCUT2D eigenvalue weighted by molar-refractivity contribution is 6.31. The minimum Gasteiger partial charge on any atom is -0.488 e. The first kappa shape index (κ1) is 25.3. The number of halogens is 1. The van der Waals surface area contributed by atoms with E-state index in [9.17, 15) is 9.59 Å². The molecule has 10 heteroatoms. The Kier molecular flexibility index (Phi) is 8.24. The molecule has 0 unspecified atom stereocenters. The monoisotopic (exact) mass is 510 g/mol. The third kappa shape index (κ3) is 6.87. The molecule has 0 saturated carbocycles. The van der Waals surface area contributed by atoms with E-state index in [1.54, 1.807) is 24.3 Å². The van der Waals surface area contributed by atoms with Gasteiger partial charge in [0.2, 0.25) is 0 Å². The van der Waals surface area contributed by atoms with Crippen LogP contribution in [0, 0.1) is 6.92 Å². The molecule has 2 amide bonds. The Balaban J connectivity index is 1.34. The van der Waals surface area contributed by atoms with Gasteiger partial charge in [-0.15, -0.1) is 0 Å². The van der Waals surface area contributed by atoms with Crippen LogP contribution in [0.3, 0.4) is 0 Å². The van der Waals surface area contributed by atoms with Crippen LogP contribution in [-0.4, -0.2) is 41.3 Å². The number of amides is 2.